The fourth-order valence-corrected chi connectivity index (χ4v) is 2.67. The van der Waals surface area contributed by atoms with Crippen molar-refractivity contribution in [2.75, 3.05) is 11.9 Å². The van der Waals surface area contributed by atoms with Gasteiger partial charge in [0.05, 0.1) is 12.3 Å². The van der Waals surface area contributed by atoms with Gasteiger partial charge in [-0.1, -0.05) is 30.3 Å². The molecular formula is C21H22N4O3. The number of amides is 2. The number of aromatic nitrogens is 2. The Balaban J connectivity index is 1.64. The Bertz CT molecular complexity index is 981. The molecule has 0 spiro atoms. The van der Waals surface area contributed by atoms with Crippen LogP contribution in [0.3, 0.4) is 0 Å². The highest BCUT2D eigenvalue weighted by Gasteiger charge is 2.11. The summed E-state index contributed by atoms with van der Waals surface area (Å²) in [5.41, 5.74) is 3.76. The molecule has 0 aliphatic carbocycles. The van der Waals surface area contributed by atoms with Gasteiger partial charge >= 0.3 is 12.0 Å². The molecule has 3 aromatic rings. The quantitative estimate of drug-likeness (QED) is 0.641. The van der Waals surface area contributed by atoms with Gasteiger partial charge in [-0.25, -0.2) is 14.3 Å². The van der Waals surface area contributed by atoms with Crippen molar-refractivity contribution in [3.8, 4) is 5.69 Å². The second-order valence-electron chi connectivity index (χ2n) is 6.15. The number of aryl methyl sites for hydroxylation is 1. The average molecular weight is 378 g/mol. The van der Waals surface area contributed by atoms with Crippen LogP contribution < -0.4 is 10.6 Å². The lowest BCUT2D eigenvalue weighted by molar-refractivity contribution is 0.0519. The number of nitrogens with one attached hydrogen (secondary N) is 2. The molecule has 0 aliphatic rings. The highest BCUT2D eigenvalue weighted by Crippen LogP contribution is 2.15. The molecule has 1 heterocycles. The van der Waals surface area contributed by atoms with Gasteiger partial charge in [0, 0.05) is 18.4 Å². The molecule has 0 atom stereocenters. The topological polar surface area (TPSA) is 85.2 Å². The molecule has 7 nitrogen and oxygen atoms in total. The summed E-state index contributed by atoms with van der Waals surface area (Å²) in [6.45, 7) is 4.49. The highest BCUT2D eigenvalue weighted by atomic mass is 16.5. The van der Waals surface area contributed by atoms with E-state index in [0.29, 0.717) is 24.5 Å². The van der Waals surface area contributed by atoms with Gasteiger partial charge in [0.1, 0.15) is 0 Å². The lowest BCUT2D eigenvalue weighted by atomic mass is 10.1. The normalized spacial score (nSPS) is 10.4. The van der Waals surface area contributed by atoms with E-state index in [1.54, 1.807) is 42.1 Å². The smallest absolute Gasteiger partial charge is 0.358 e. The number of nitrogens with zero attached hydrogens (tertiary/aromatic N) is 2. The molecule has 0 saturated heterocycles. The Morgan fingerprint density at radius 3 is 2.71 bits per heavy atom. The number of ether oxygens (including phenoxy) is 1. The Kier molecular flexibility index (Phi) is 6.06. The molecule has 1 aromatic heterocycles. The van der Waals surface area contributed by atoms with Gasteiger partial charge in [-0.3, -0.25) is 0 Å². The zero-order valence-electron chi connectivity index (χ0n) is 15.8. The number of benzene rings is 2. The zero-order valence-corrected chi connectivity index (χ0v) is 15.8. The van der Waals surface area contributed by atoms with Gasteiger partial charge in [0.15, 0.2) is 5.69 Å². The first-order valence-corrected chi connectivity index (χ1v) is 8.99. The monoisotopic (exact) mass is 378 g/mol. The molecule has 28 heavy (non-hydrogen) atoms. The lowest BCUT2D eigenvalue weighted by Gasteiger charge is -2.10. The van der Waals surface area contributed by atoms with Crippen molar-refractivity contribution in [1.29, 1.82) is 0 Å². The average Bonchev–Trinajstić information content (AvgIpc) is 3.18. The number of urea groups is 1. The van der Waals surface area contributed by atoms with Crippen LogP contribution >= 0.6 is 0 Å². The number of hydrogen-bond acceptors (Lipinski definition) is 4. The van der Waals surface area contributed by atoms with Gasteiger partial charge < -0.3 is 15.4 Å². The van der Waals surface area contributed by atoms with Crippen LogP contribution in [0, 0.1) is 6.92 Å². The van der Waals surface area contributed by atoms with Crippen LogP contribution in [0.1, 0.15) is 28.5 Å². The predicted octanol–water partition coefficient (Wildman–Crippen LogP) is 3.68. The van der Waals surface area contributed by atoms with Gasteiger partial charge in [0.2, 0.25) is 0 Å². The minimum absolute atomic E-state index is 0.233. The van der Waals surface area contributed by atoms with Crippen molar-refractivity contribution in [1.82, 2.24) is 15.1 Å². The molecule has 7 heteroatoms. The van der Waals surface area contributed by atoms with Crippen molar-refractivity contribution in [2.24, 2.45) is 0 Å². The minimum Gasteiger partial charge on any atom is -0.461 e. The van der Waals surface area contributed by atoms with E-state index >= 15 is 0 Å². The van der Waals surface area contributed by atoms with E-state index in [0.717, 1.165) is 11.1 Å². The van der Waals surface area contributed by atoms with Crippen LogP contribution in [-0.2, 0) is 11.3 Å². The van der Waals surface area contributed by atoms with Crippen molar-refractivity contribution in [3.05, 3.63) is 77.6 Å². The summed E-state index contributed by atoms with van der Waals surface area (Å²) in [7, 11) is 0. The van der Waals surface area contributed by atoms with Crippen molar-refractivity contribution in [2.45, 2.75) is 20.4 Å². The zero-order chi connectivity index (χ0) is 19.9. The summed E-state index contributed by atoms with van der Waals surface area (Å²) >= 11 is 0. The minimum atomic E-state index is -0.467. The first-order valence-electron chi connectivity index (χ1n) is 8.99. The van der Waals surface area contributed by atoms with Crippen LogP contribution in [0.2, 0.25) is 0 Å². The molecule has 144 valence electrons. The molecule has 0 radical (unpaired) electrons. The van der Waals surface area contributed by atoms with Gasteiger partial charge in [0.25, 0.3) is 0 Å². The second kappa shape index (κ2) is 8.85. The summed E-state index contributed by atoms with van der Waals surface area (Å²) in [6, 6.07) is 16.4. The Morgan fingerprint density at radius 2 is 1.93 bits per heavy atom. The maximum Gasteiger partial charge on any atom is 0.358 e. The van der Waals surface area contributed by atoms with Crippen LogP contribution in [-0.4, -0.2) is 28.4 Å². The first kappa shape index (κ1) is 19.2. The molecule has 0 saturated carbocycles. The highest BCUT2D eigenvalue weighted by molar-refractivity contribution is 5.89. The summed E-state index contributed by atoms with van der Waals surface area (Å²) in [5.74, 6) is -0.467. The lowest BCUT2D eigenvalue weighted by Crippen LogP contribution is -2.28. The molecular weight excluding hydrogens is 356 g/mol. The maximum absolute atomic E-state index is 12.2. The van der Waals surface area contributed by atoms with E-state index in [1.165, 1.54) is 0 Å². The van der Waals surface area contributed by atoms with Crippen LogP contribution in [0.4, 0.5) is 10.5 Å². The third-order valence-electron chi connectivity index (χ3n) is 4.14. The number of esters is 1. The number of carbonyl (C=O) groups excluding carboxylic acids is 2. The number of anilines is 1. The SMILES string of the molecule is CCOC(=O)c1ccn(-c2cccc(NC(=O)NCc3ccccc3C)c2)n1. The number of carbonyl (C=O) groups is 2. The Labute approximate surface area is 163 Å². The first-order chi connectivity index (χ1) is 13.6. The van der Waals surface area contributed by atoms with Gasteiger partial charge in [-0.05, 0) is 49.2 Å². The standard InChI is InChI=1S/C21H22N4O3/c1-3-28-20(26)19-11-12-25(24-19)18-10-6-9-17(13-18)23-21(27)22-14-16-8-5-4-7-15(16)2/h4-13H,3,14H2,1-2H3,(H2,22,23,27). The van der Waals surface area contributed by atoms with Crippen LogP contribution in [0.25, 0.3) is 5.69 Å². The van der Waals surface area contributed by atoms with Crippen molar-refractivity contribution in [3.63, 3.8) is 0 Å². The molecule has 0 unspecified atom stereocenters. The molecule has 3 rings (SSSR count). The van der Waals surface area contributed by atoms with E-state index < -0.39 is 5.97 Å². The van der Waals surface area contributed by atoms with E-state index in [1.807, 2.05) is 37.3 Å². The largest absolute Gasteiger partial charge is 0.461 e. The third-order valence-corrected chi connectivity index (χ3v) is 4.14. The molecule has 2 aromatic carbocycles. The summed E-state index contributed by atoms with van der Waals surface area (Å²) in [6.07, 6.45) is 1.67. The Morgan fingerprint density at radius 1 is 1.11 bits per heavy atom. The number of rotatable bonds is 6. The molecule has 0 aliphatic heterocycles. The van der Waals surface area contributed by atoms with Crippen LogP contribution in [0.15, 0.2) is 60.8 Å². The van der Waals surface area contributed by atoms with Gasteiger partial charge in [-0.15, -0.1) is 0 Å². The van der Waals surface area contributed by atoms with E-state index in [4.69, 9.17) is 4.74 Å². The number of hydrogen-bond donors (Lipinski definition) is 2. The van der Waals surface area contributed by atoms with Gasteiger partial charge in [-0.2, -0.15) is 5.10 Å². The van der Waals surface area contributed by atoms with E-state index in [-0.39, 0.29) is 11.7 Å². The molecule has 0 bridgehead atoms. The summed E-state index contributed by atoms with van der Waals surface area (Å²) in [4.78, 5) is 24.0. The van der Waals surface area contributed by atoms with Crippen molar-refractivity contribution >= 4 is 17.7 Å². The Hall–Kier alpha value is -3.61. The summed E-state index contributed by atoms with van der Waals surface area (Å²) in [5, 5.41) is 9.87. The van der Waals surface area contributed by atoms with Crippen molar-refractivity contribution < 1.29 is 14.3 Å². The molecule has 2 amide bonds. The maximum atomic E-state index is 12.2. The predicted molar refractivity (Wildman–Crippen MR) is 107 cm³/mol. The van der Waals surface area contributed by atoms with Crippen LogP contribution in [0.5, 0.6) is 0 Å². The fourth-order valence-electron chi connectivity index (χ4n) is 2.67. The fraction of sp³-hybridized carbons (Fsp3) is 0.190. The molecule has 0 fully saturated rings. The second-order valence-corrected chi connectivity index (χ2v) is 6.15. The van der Waals surface area contributed by atoms with E-state index in [2.05, 4.69) is 15.7 Å². The third kappa shape index (κ3) is 4.76. The summed E-state index contributed by atoms with van der Waals surface area (Å²) < 4.78 is 6.50. The molecule has 2 N–H and O–H groups in total. The van der Waals surface area contributed by atoms with E-state index in [9.17, 15) is 9.59 Å².